The maximum absolute atomic E-state index is 6.91. The second kappa shape index (κ2) is 15.3. The fourth-order valence-electron chi connectivity index (χ4n) is 9.79. The van der Waals surface area contributed by atoms with Crippen LogP contribution in [0.2, 0.25) is 0 Å². The van der Waals surface area contributed by atoms with E-state index >= 15 is 0 Å². The van der Waals surface area contributed by atoms with Gasteiger partial charge in [0.15, 0.2) is 0 Å². The first-order chi connectivity index (χ1) is 30.1. The number of aryl methyl sites for hydroxylation is 3. The van der Waals surface area contributed by atoms with Crippen molar-refractivity contribution >= 4 is 60.7 Å². The number of hydrogen-bond acceptors (Lipinski definition) is 4. The van der Waals surface area contributed by atoms with Crippen LogP contribution >= 0.6 is 0 Å². The molecule has 4 heterocycles. The molecule has 0 atom stereocenters. The van der Waals surface area contributed by atoms with E-state index in [1.54, 1.807) is 0 Å². The number of aromatic nitrogens is 3. The van der Waals surface area contributed by atoms with E-state index in [9.17, 15) is 0 Å². The monoisotopic (exact) mass is 999 g/mol. The molecule has 0 bridgehead atoms. The summed E-state index contributed by atoms with van der Waals surface area (Å²) < 4.78 is 11.6. The molecule has 0 radical (unpaired) electrons. The zero-order valence-electron chi connectivity index (χ0n) is 36.4. The van der Waals surface area contributed by atoms with Crippen molar-refractivity contribution in [1.82, 2.24) is 14.1 Å². The van der Waals surface area contributed by atoms with Crippen LogP contribution in [-0.4, -0.2) is 21.2 Å². The number of rotatable bonds is 7. The first kappa shape index (κ1) is 40.5. The van der Waals surface area contributed by atoms with Gasteiger partial charge in [0.05, 0.1) is 16.7 Å². The normalized spacial score (nSPS) is 12.7. The van der Waals surface area contributed by atoms with Crippen LogP contribution in [0, 0.1) is 46.5 Å². The van der Waals surface area contributed by atoms with Gasteiger partial charge in [0.1, 0.15) is 5.82 Å². The summed E-state index contributed by atoms with van der Waals surface area (Å²) >= 11 is 0. The minimum Gasteiger partial charge on any atom is -0.509 e. The summed E-state index contributed by atoms with van der Waals surface area (Å²) in [5.41, 5.74) is 15.3. The molecule has 0 fully saturated rings. The molecule has 0 spiro atoms. The standard InChI is InChI=1S/C56H46N5O.Pt/c1-35-17-15-22-46-47-23-16-18-36(2)54(47)61(53(35)46)52-37(3)33-57-55(38(52)4)60-48-24-12-11-21-44(48)45-28-27-42(32-51(45)60)62-43-30-40(56(5,6)39-19-9-8-10-20-39)29-41(31-43)59-34-58(7)49-25-13-14-26-50(49)59;/h8-30,33-34H,1-7H3;/q-3;. The fraction of sp³-hybridized carbons (Fsp3) is 0.143. The Morgan fingerprint density at radius 1 is 0.587 bits per heavy atom. The van der Waals surface area contributed by atoms with Gasteiger partial charge in [-0.25, -0.2) is 4.98 Å². The van der Waals surface area contributed by atoms with Crippen molar-refractivity contribution < 1.29 is 25.8 Å². The van der Waals surface area contributed by atoms with Crippen molar-refractivity contribution in [3.05, 3.63) is 198 Å². The maximum Gasteiger partial charge on any atom is 0.140 e. The quantitative estimate of drug-likeness (QED) is 0.149. The van der Waals surface area contributed by atoms with E-state index in [1.165, 1.54) is 38.5 Å². The fourth-order valence-corrected chi connectivity index (χ4v) is 9.79. The number of para-hydroxylation sites is 5. The number of pyridine rings is 1. The summed E-state index contributed by atoms with van der Waals surface area (Å²) in [6, 6.07) is 56.9. The maximum atomic E-state index is 6.91. The van der Waals surface area contributed by atoms with Crippen molar-refractivity contribution in [3.63, 3.8) is 0 Å². The minimum atomic E-state index is -0.325. The van der Waals surface area contributed by atoms with E-state index in [-0.39, 0.29) is 26.5 Å². The number of ether oxygens (including phenoxy) is 1. The first-order valence-electron chi connectivity index (χ1n) is 21.3. The van der Waals surface area contributed by atoms with Crippen LogP contribution in [0.5, 0.6) is 11.5 Å². The first-order valence-corrected chi connectivity index (χ1v) is 21.3. The Morgan fingerprint density at radius 2 is 1.24 bits per heavy atom. The van der Waals surface area contributed by atoms with E-state index < -0.39 is 0 Å². The number of fused-ring (bicyclic) bond motifs is 7. The molecule has 314 valence electrons. The smallest absolute Gasteiger partial charge is 0.140 e. The summed E-state index contributed by atoms with van der Waals surface area (Å²) in [7, 11) is 2.08. The Morgan fingerprint density at radius 3 is 1.97 bits per heavy atom. The molecular formula is C56H46N5OPt-3. The molecule has 0 unspecified atom stereocenters. The number of anilines is 3. The number of nitrogens with zero attached hydrogens (tertiary/aromatic N) is 5. The summed E-state index contributed by atoms with van der Waals surface area (Å²) in [5, 5.41) is 4.71. The average Bonchev–Trinajstić information content (AvgIpc) is 3.92. The number of hydrogen-bond donors (Lipinski definition) is 0. The zero-order valence-corrected chi connectivity index (χ0v) is 38.7. The van der Waals surface area contributed by atoms with Crippen LogP contribution in [0.25, 0.3) is 55.1 Å². The van der Waals surface area contributed by atoms with Gasteiger partial charge in [0.2, 0.25) is 0 Å². The molecule has 11 rings (SSSR count). The summed E-state index contributed by atoms with van der Waals surface area (Å²) in [6.45, 7) is 15.5. The van der Waals surface area contributed by atoms with Crippen molar-refractivity contribution in [1.29, 1.82) is 0 Å². The SMILES string of the molecule is Cc1cnc(-n2c3[c-]c(Oc4[c-]c(N5[CH-]N(C)c6ccccc65)cc(C(C)(C)c5ccccc5)c4)ccc3c3ccccc32)c(C)c1-n1c2c(C)cccc2c2cccc(C)c21.[Pt]. The van der Waals surface area contributed by atoms with Crippen LogP contribution in [0.3, 0.4) is 0 Å². The molecule has 0 saturated carbocycles. The van der Waals surface area contributed by atoms with Crippen LogP contribution < -0.4 is 14.5 Å². The summed E-state index contributed by atoms with van der Waals surface area (Å²) in [5.74, 6) is 2.07. The molecule has 6 nitrogen and oxygen atoms in total. The zero-order chi connectivity index (χ0) is 42.4. The Labute approximate surface area is 383 Å². The summed E-state index contributed by atoms with van der Waals surface area (Å²) in [6.07, 6.45) is 2.02. The van der Waals surface area contributed by atoms with Gasteiger partial charge in [-0.1, -0.05) is 116 Å². The largest absolute Gasteiger partial charge is 0.509 e. The second-order valence-electron chi connectivity index (χ2n) is 17.3. The van der Waals surface area contributed by atoms with Gasteiger partial charge in [0.25, 0.3) is 0 Å². The third-order valence-corrected chi connectivity index (χ3v) is 13.0. The Kier molecular flexibility index (Phi) is 9.84. The molecule has 63 heavy (non-hydrogen) atoms. The molecule has 1 aliphatic heterocycles. The van der Waals surface area contributed by atoms with Crippen molar-refractivity contribution in [2.75, 3.05) is 16.8 Å². The molecule has 7 heteroatoms. The van der Waals surface area contributed by atoms with E-state index in [0.717, 1.165) is 67.1 Å². The van der Waals surface area contributed by atoms with Crippen molar-refractivity contribution in [2.45, 2.75) is 47.0 Å². The number of benzene rings is 7. The average molecular weight is 1000 g/mol. The van der Waals surface area contributed by atoms with Gasteiger partial charge in [-0.3, -0.25) is 0 Å². The van der Waals surface area contributed by atoms with E-state index in [4.69, 9.17) is 9.72 Å². The molecule has 0 aliphatic carbocycles. The summed E-state index contributed by atoms with van der Waals surface area (Å²) in [4.78, 5) is 9.57. The van der Waals surface area contributed by atoms with Gasteiger partial charge in [-0.15, -0.1) is 47.0 Å². The van der Waals surface area contributed by atoms with Gasteiger partial charge in [-0.05, 0) is 86.0 Å². The van der Waals surface area contributed by atoms with Gasteiger partial charge in [-0.2, -0.15) is 12.7 Å². The molecule has 10 aromatic rings. The molecule has 1 aliphatic rings. The minimum absolute atomic E-state index is 0. The van der Waals surface area contributed by atoms with E-state index in [1.807, 2.05) is 12.3 Å². The van der Waals surface area contributed by atoms with Crippen LogP contribution in [-0.2, 0) is 26.5 Å². The molecular weight excluding hydrogens is 954 g/mol. The van der Waals surface area contributed by atoms with E-state index in [0.29, 0.717) is 11.5 Å². The van der Waals surface area contributed by atoms with Crippen LogP contribution in [0.4, 0.5) is 17.1 Å². The molecule has 0 saturated heterocycles. The molecule has 0 N–H and O–H groups in total. The third-order valence-electron chi connectivity index (χ3n) is 13.0. The molecule has 7 aromatic carbocycles. The van der Waals surface area contributed by atoms with Crippen molar-refractivity contribution in [2.24, 2.45) is 0 Å². The van der Waals surface area contributed by atoms with E-state index in [2.05, 4.69) is 220 Å². The van der Waals surface area contributed by atoms with Crippen LogP contribution in [0.15, 0.2) is 146 Å². The van der Waals surface area contributed by atoms with Crippen LogP contribution in [0.1, 0.15) is 47.2 Å². The predicted molar refractivity (Wildman–Crippen MR) is 256 cm³/mol. The van der Waals surface area contributed by atoms with Gasteiger partial charge in [0, 0.05) is 72.0 Å². The third kappa shape index (κ3) is 6.37. The van der Waals surface area contributed by atoms with Gasteiger partial charge >= 0.3 is 0 Å². The predicted octanol–water partition coefficient (Wildman–Crippen LogP) is 13.9. The van der Waals surface area contributed by atoms with Gasteiger partial charge < -0.3 is 23.7 Å². The van der Waals surface area contributed by atoms with Crippen molar-refractivity contribution in [3.8, 4) is 23.0 Å². The Balaban J connectivity index is 0.00000471. The Hall–Kier alpha value is -6.62. The second-order valence-corrected chi connectivity index (χ2v) is 17.3. The molecule has 3 aromatic heterocycles. The Bertz CT molecular complexity index is 3360. The topological polar surface area (TPSA) is 38.5 Å². The molecule has 0 amide bonds.